The number of aryl methyl sites for hydroxylation is 2. The molecule has 3 nitrogen and oxygen atoms in total. The molecule has 0 aliphatic heterocycles. The van der Waals surface area contributed by atoms with E-state index < -0.39 is 0 Å². The van der Waals surface area contributed by atoms with Gasteiger partial charge >= 0.3 is 0 Å². The SMILES string of the molecule is CCc1nc[nH]c1CCCOc1ccc2ccccc2c1. The zero-order valence-electron chi connectivity index (χ0n) is 12.3. The van der Waals surface area contributed by atoms with Crippen LogP contribution in [0.25, 0.3) is 10.8 Å². The number of hydrogen-bond donors (Lipinski definition) is 1. The highest BCUT2D eigenvalue weighted by Gasteiger charge is 2.03. The fourth-order valence-corrected chi connectivity index (χ4v) is 2.57. The van der Waals surface area contributed by atoms with Crippen molar-refractivity contribution in [2.24, 2.45) is 0 Å². The maximum Gasteiger partial charge on any atom is 0.119 e. The van der Waals surface area contributed by atoms with Crippen molar-refractivity contribution in [3.63, 3.8) is 0 Å². The van der Waals surface area contributed by atoms with Crippen molar-refractivity contribution >= 4 is 10.8 Å². The first-order chi connectivity index (χ1) is 10.4. The molecule has 0 atom stereocenters. The Bertz CT molecular complexity index is 718. The van der Waals surface area contributed by atoms with Gasteiger partial charge in [0.2, 0.25) is 0 Å². The summed E-state index contributed by atoms with van der Waals surface area (Å²) in [5, 5.41) is 2.46. The number of hydrogen-bond acceptors (Lipinski definition) is 2. The number of imidazole rings is 1. The van der Waals surface area contributed by atoms with Crippen LogP contribution in [0.2, 0.25) is 0 Å². The van der Waals surface area contributed by atoms with Crippen LogP contribution in [0, 0.1) is 0 Å². The predicted molar refractivity (Wildman–Crippen MR) is 85.7 cm³/mol. The second kappa shape index (κ2) is 6.44. The first-order valence-corrected chi connectivity index (χ1v) is 7.49. The van der Waals surface area contributed by atoms with Crippen molar-refractivity contribution in [1.82, 2.24) is 9.97 Å². The number of aromatic nitrogens is 2. The van der Waals surface area contributed by atoms with E-state index in [2.05, 4.69) is 53.3 Å². The molecular weight excluding hydrogens is 260 g/mol. The van der Waals surface area contributed by atoms with Crippen molar-refractivity contribution in [2.45, 2.75) is 26.2 Å². The first kappa shape index (κ1) is 13.7. The molecule has 0 aliphatic carbocycles. The van der Waals surface area contributed by atoms with Crippen LogP contribution >= 0.6 is 0 Å². The summed E-state index contributed by atoms with van der Waals surface area (Å²) in [5.41, 5.74) is 2.40. The van der Waals surface area contributed by atoms with E-state index in [9.17, 15) is 0 Å². The molecule has 0 unspecified atom stereocenters. The zero-order valence-corrected chi connectivity index (χ0v) is 12.3. The van der Waals surface area contributed by atoms with Crippen molar-refractivity contribution in [3.05, 3.63) is 60.2 Å². The van der Waals surface area contributed by atoms with E-state index in [1.54, 1.807) is 6.33 Å². The molecule has 3 aromatic rings. The van der Waals surface area contributed by atoms with Crippen LogP contribution in [-0.4, -0.2) is 16.6 Å². The summed E-state index contributed by atoms with van der Waals surface area (Å²) in [5.74, 6) is 0.939. The number of nitrogens with one attached hydrogen (secondary N) is 1. The minimum atomic E-state index is 0.723. The minimum absolute atomic E-state index is 0.723. The maximum absolute atomic E-state index is 5.85. The number of H-pyrrole nitrogens is 1. The van der Waals surface area contributed by atoms with Crippen molar-refractivity contribution in [1.29, 1.82) is 0 Å². The van der Waals surface area contributed by atoms with E-state index in [0.717, 1.165) is 31.6 Å². The second-order valence-electron chi connectivity index (χ2n) is 5.14. The molecule has 0 saturated heterocycles. The van der Waals surface area contributed by atoms with Gasteiger partial charge in [0.25, 0.3) is 0 Å². The van der Waals surface area contributed by atoms with E-state index in [1.807, 2.05) is 6.07 Å². The first-order valence-electron chi connectivity index (χ1n) is 7.49. The summed E-state index contributed by atoms with van der Waals surface area (Å²) in [6.45, 7) is 2.85. The van der Waals surface area contributed by atoms with Gasteiger partial charge in [-0.15, -0.1) is 0 Å². The second-order valence-corrected chi connectivity index (χ2v) is 5.14. The number of aromatic amines is 1. The summed E-state index contributed by atoms with van der Waals surface area (Å²) in [6.07, 6.45) is 4.72. The van der Waals surface area contributed by atoms with Gasteiger partial charge in [0.15, 0.2) is 0 Å². The molecule has 1 N–H and O–H groups in total. The Kier molecular flexibility index (Phi) is 4.20. The molecule has 1 heterocycles. The molecule has 21 heavy (non-hydrogen) atoms. The molecule has 1 aromatic heterocycles. The van der Waals surface area contributed by atoms with Gasteiger partial charge in [0.05, 0.1) is 18.6 Å². The van der Waals surface area contributed by atoms with Crippen LogP contribution in [0.15, 0.2) is 48.8 Å². The molecule has 0 radical (unpaired) electrons. The molecule has 108 valence electrons. The standard InChI is InChI=1S/C18H20N2O/c1-2-17-18(20-13-19-17)8-5-11-21-16-10-9-14-6-3-4-7-15(14)12-16/h3-4,6-7,9-10,12-13H,2,5,8,11H2,1H3,(H,19,20). The summed E-state index contributed by atoms with van der Waals surface area (Å²) >= 11 is 0. The van der Waals surface area contributed by atoms with E-state index in [4.69, 9.17) is 4.74 Å². The van der Waals surface area contributed by atoms with Crippen molar-refractivity contribution < 1.29 is 4.74 Å². The highest BCUT2D eigenvalue weighted by molar-refractivity contribution is 5.83. The lowest BCUT2D eigenvalue weighted by Crippen LogP contribution is -2.01. The van der Waals surface area contributed by atoms with E-state index in [-0.39, 0.29) is 0 Å². The molecule has 0 spiro atoms. The van der Waals surface area contributed by atoms with Crippen LogP contribution in [0.1, 0.15) is 24.7 Å². The van der Waals surface area contributed by atoms with Crippen LogP contribution < -0.4 is 4.74 Å². The Morgan fingerprint density at radius 2 is 1.95 bits per heavy atom. The van der Waals surface area contributed by atoms with Crippen LogP contribution in [0.4, 0.5) is 0 Å². The van der Waals surface area contributed by atoms with Gasteiger partial charge in [-0.25, -0.2) is 4.98 Å². The normalized spacial score (nSPS) is 10.9. The fourth-order valence-electron chi connectivity index (χ4n) is 2.57. The maximum atomic E-state index is 5.85. The number of rotatable bonds is 6. The minimum Gasteiger partial charge on any atom is -0.494 e. The lowest BCUT2D eigenvalue weighted by Gasteiger charge is -2.07. The molecule has 0 bridgehead atoms. The number of fused-ring (bicyclic) bond motifs is 1. The Balaban J connectivity index is 1.54. The molecule has 0 fully saturated rings. The van der Waals surface area contributed by atoms with Crippen LogP contribution in [0.3, 0.4) is 0 Å². The van der Waals surface area contributed by atoms with Gasteiger partial charge in [0, 0.05) is 5.69 Å². The van der Waals surface area contributed by atoms with Gasteiger partial charge in [-0.3, -0.25) is 0 Å². The average Bonchev–Trinajstić information content (AvgIpc) is 2.99. The number of nitrogens with zero attached hydrogens (tertiary/aromatic N) is 1. The van der Waals surface area contributed by atoms with Crippen LogP contribution in [0.5, 0.6) is 5.75 Å². The Hall–Kier alpha value is -2.29. The lowest BCUT2D eigenvalue weighted by molar-refractivity contribution is 0.311. The quantitative estimate of drug-likeness (QED) is 0.689. The molecular formula is C18H20N2O. The Labute approximate surface area is 125 Å². The summed E-state index contributed by atoms with van der Waals surface area (Å²) in [7, 11) is 0. The molecule has 2 aromatic carbocycles. The smallest absolute Gasteiger partial charge is 0.119 e. The molecule has 3 heteroatoms. The fraction of sp³-hybridized carbons (Fsp3) is 0.278. The topological polar surface area (TPSA) is 37.9 Å². The highest BCUT2D eigenvalue weighted by Crippen LogP contribution is 2.20. The van der Waals surface area contributed by atoms with Crippen LogP contribution in [-0.2, 0) is 12.8 Å². The molecule has 0 saturated carbocycles. The van der Waals surface area contributed by atoms with E-state index in [0.29, 0.717) is 0 Å². The Morgan fingerprint density at radius 3 is 2.81 bits per heavy atom. The van der Waals surface area contributed by atoms with Gasteiger partial charge in [-0.1, -0.05) is 37.3 Å². The molecule has 0 aliphatic rings. The summed E-state index contributed by atoms with van der Waals surface area (Å²) in [4.78, 5) is 7.52. The van der Waals surface area contributed by atoms with Crippen molar-refractivity contribution in [3.8, 4) is 5.75 Å². The largest absolute Gasteiger partial charge is 0.494 e. The van der Waals surface area contributed by atoms with Gasteiger partial charge in [-0.05, 0) is 42.2 Å². The Morgan fingerprint density at radius 1 is 1.10 bits per heavy atom. The third-order valence-electron chi connectivity index (χ3n) is 3.70. The van der Waals surface area contributed by atoms with Gasteiger partial charge in [0.1, 0.15) is 5.75 Å². The van der Waals surface area contributed by atoms with E-state index >= 15 is 0 Å². The predicted octanol–water partition coefficient (Wildman–Crippen LogP) is 4.14. The third kappa shape index (κ3) is 3.24. The monoisotopic (exact) mass is 280 g/mol. The third-order valence-corrected chi connectivity index (χ3v) is 3.70. The van der Waals surface area contributed by atoms with Crippen molar-refractivity contribution in [2.75, 3.05) is 6.61 Å². The van der Waals surface area contributed by atoms with E-state index in [1.165, 1.54) is 22.2 Å². The average molecular weight is 280 g/mol. The summed E-state index contributed by atoms with van der Waals surface area (Å²) in [6, 6.07) is 14.6. The number of ether oxygens (including phenoxy) is 1. The highest BCUT2D eigenvalue weighted by atomic mass is 16.5. The number of benzene rings is 2. The zero-order chi connectivity index (χ0) is 14.5. The van der Waals surface area contributed by atoms with Gasteiger partial charge in [-0.2, -0.15) is 0 Å². The van der Waals surface area contributed by atoms with Gasteiger partial charge < -0.3 is 9.72 Å². The molecule has 0 amide bonds. The lowest BCUT2D eigenvalue weighted by atomic mass is 10.1. The summed E-state index contributed by atoms with van der Waals surface area (Å²) < 4.78 is 5.85. The molecule has 3 rings (SSSR count).